The van der Waals surface area contributed by atoms with E-state index in [0.717, 1.165) is 30.2 Å². The Labute approximate surface area is 186 Å². The number of para-hydroxylation sites is 1. The summed E-state index contributed by atoms with van der Waals surface area (Å²) in [5, 5.41) is 6.26. The summed E-state index contributed by atoms with van der Waals surface area (Å²) in [4.78, 5) is 20.0. The highest BCUT2D eigenvalue weighted by molar-refractivity contribution is 5.75. The highest BCUT2D eigenvalue weighted by Gasteiger charge is 2.26. The molecule has 2 aromatic rings. The van der Waals surface area contributed by atoms with E-state index >= 15 is 0 Å². The maximum Gasteiger partial charge on any atom is 0.315 e. The topological polar surface area (TPSA) is 71.4 Å². The predicted molar refractivity (Wildman–Crippen MR) is 123 cm³/mol. The Morgan fingerprint density at radius 1 is 1.16 bits per heavy atom. The zero-order valence-electron chi connectivity index (χ0n) is 19.3. The molecule has 0 aliphatic carbocycles. The van der Waals surface area contributed by atoms with Crippen molar-refractivity contribution in [2.45, 2.75) is 51.6 Å². The Morgan fingerprint density at radius 3 is 2.48 bits per heavy atom. The molecule has 7 nitrogen and oxygen atoms in total. The molecule has 2 heterocycles. The molecule has 1 fully saturated rings. The minimum Gasteiger partial charge on any atom is -0.496 e. The third kappa shape index (κ3) is 6.00. The monoisotopic (exact) mass is 427 g/mol. The summed E-state index contributed by atoms with van der Waals surface area (Å²) in [6.45, 7) is 7.33. The van der Waals surface area contributed by atoms with Crippen molar-refractivity contribution in [2.24, 2.45) is 13.0 Å². The number of nitrogens with one attached hydrogen (secondary N) is 2. The summed E-state index contributed by atoms with van der Waals surface area (Å²) in [6.07, 6.45) is 8.71. The fraction of sp³-hybridized carbons (Fsp3) is 0.583. The SMILES string of the molecule is COc1ccccc1C(NC(=O)NCC(C(C)C)N1CCCCCC1)c1nccn1C. The summed E-state index contributed by atoms with van der Waals surface area (Å²) in [7, 11) is 3.57. The number of likely N-dealkylation sites (tertiary alicyclic amines) is 1. The molecule has 7 heteroatoms. The van der Waals surface area contributed by atoms with Crippen LogP contribution in [0, 0.1) is 5.92 Å². The molecule has 0 radical (unpaired) electrons. The lowest BCUT2D eigenvalue weighted by molar-refractivity contribution is 0.156. The first-order valence-electron chi connectivity index (χ1n) is 11.4. The molecule has 1 aromatic carbocycles. The van der Waals surface area contributed by atoms with Gasteiger partial charge in [0.1, 0.15) is 17.6 Å². The standard InChI is InChI=1S/C24H37N5O2/c1-18(2)20(29-14-9-5-6-10-15-29)17-26-24(30)27-22(23-25-13-16-28(23)3)19-11-7-8-12-21(19)31-4/h7-8,11-13,16,18,20,22H,5-6,9-10,14-15,17H2,1-4H3,(H2,26,27,30). The molecule has 2 unspecified atom stereocenters. The van der Waals surface area contributed by atoms with Gasteiger partial charge < -0.3 is 19.9 Å². The molecule has 31 heavy (non-hydrogen) atoms. The molecule has 0 saturated carbocycles. The average Bonchev–Trinajstić information content (AvgIpc) is 3.01. The number of urea groups is 1. The van der Waals surface area contributed by atoms with Crippen molar-refractivity contribution in [2.75, 3.05) is 26.7 Å². The Bertz CT molecular complexity index is 827. The van der Waals surface area contributed by atoms with Crippen LogP contribution in [-0.2, 0) is 7.05 Å². The molecule has 2 N–H and O–H groups in total. The maximum absolute atomic E-state index is 13.0. The lowest BCUT2D eigenvalue weighted by atomic mass is 10.0. The number of methoxy groups -OCH3 is 1. The summed E-state index contributed by atoms with van der Waals surface area (Å²) in [5.74, 6) is 1.95. The Kier molecular flexibility index (Phi) is 8.35. The molecule has 1 aliphatic rings. The first kappa shape index (κ1) is 23.1. The van der Waals surface area contributed by atoms with Crippen molar-refractivity contribution in [1.29, 1.82) is 0 Å². The zero-order chi connectivity index (χ0) is 22.2. The number of ether oxygens (including phenoxy) is 1. The van der Waals surface area contributed by atoms with Crippen molar-refractivity contribution in [3.8, 4) is 5.75 Å². The lowest BCUT2D eigenvalue weighted by Gasteiger charge is -2.34. The van der Waals surface area contributed by atoms with E-state index in [4.69, 9.17) is 4.74 Å². The smallest absolute Gasteiger partial charge is 0.315 e. The van der Waals surface area contributed by atoms with E-state index in [1.165, 1.54) is 25.7 Å². The van der Waals surface area contributed by atoms with E-state index in [-0.39, 0.29) is 6.03 Å². The van der Waals surface area contributed by atoms with Gasteiger partial charge in [0.05, 0.1) is 7.11 Å². The van der Waals surface area contributed by atoms with Gasteiger partial charge in [-0.1, -0.05) is 44.9 Å². The van der Waals surface area contributed by atoms with E-state index in [1.54, 1.807) is 13.3 Å². The highest BCUT2D eigenvalue weighted by Crippen LogP contribution is 2.29. The van der Waals surface area contributed by atoms with Gasteiger partial charge in [0.15, 0.2) is 0 Å². The van der Waals surface area contributed by atoms with Crippen LogP contribution in [0.2, 0.25) is 0 Å². The molecule has 0 spiro atoms. The van der Waals surface area contributed by atoms with E-state index in [1.807, 2.05) is 42.1 Å². The number of aromatic nitrogens is 2. The van der Waals surface area contributed by atoms with Crippen LogP contribution < -0.4 is 15.4 Å². The van der Waals surface area contributed by atoms with Crippen LogP contribution in [0.15, 0.2) is 36.7 Å². The Hall–Kier alpha value is -2.54. The zero-order valence-corrected chi connectivity index (χ0v) is 19.3. The van der Waals surface area contributed by atoms with Crippen LogP contribution in [0.5, 0.6) is 5.75 Å². The molecule has 0 bridgehead atoms. The van der Waals surface area contributed by atoms with Gasteiger partial charge >= 0.3 is 6.03 Å². The van der Waals surface area contributed by atoms with Gasteiger partial charge in [0.2, 0.25) is 0 Å². The average molecular weight is 428 g/mol. The normalized spacial score (nSPS) is 17.1. The van der Waals surface area contributed by atoms with Gasteiger partial charge in [-0.3, -0.25) is 4.90 Å². The number of benzene rings is 1. The number of aryl methyl sites for hydroxylation is 1. The maximum atomic E-state index is 13.0. The number of rotatable bonds is 8. The summed E-state index contributed by atoms with van der Waals surface area (Å²) >= 11 is 0. The van der Waals surface area contributed by atoms with E-state index in [9.17, 15) is 4.79 Å². The van der Waals surface area contributed by atoms with Crippen molar-refractivity contribution >= 4 is 6.03 Å². The number of hydrogen-bond acceptors (Lipinski definition) is 4. The summed E-state index contributed by atoms with van der Waals surface area (Å²) < 4.78 is 7.47. The van der Waals surface area contributed by atoms with Crippen LogP contribution in [0.4, 0.5) is 4.79 Å². The number of carbonyl (C=O) groups is 1. The molecule has 2 atom stereocenters. The van der Waals surface area contributed by atoms with Crippen molar-refractivity contribution < 1.29 is 9.53 Å². The van der Waals surface area contributed by atoms with E-state index < -0.39 is 6.04 Å². The fourth-order valence-electron chi connectivity index (χ4n) is 4.43. The quantitative estimate of drug-likeness (QED) is 0.674. The van der Waals surface area contributed by atoms with Gasteiger partial charge in [-0.25, -0.2) is 9.78 Å². The molecule has 3 rings (SSSR count). The largest absolute Gasteiger partial charge is 0.496 e. The van der Waals surface area contributed by atoms with Crippen molar-refractivity contribution in [3.05, 3.63) is 48.0 Å². The molecule has 1 aromatic heterocycles. The van der Waals surface area contributed by atoms with Crippen LogP contribution in [0.3, 0.4) is 0 Å². The molecule has 1 aliphatic heterocycles. The summed E-state index contributed by atoms with van der Waals surface area (Å²) in [6, 6.07) is 7.47. The van der Waals surface area contributed by atoms with E-state index in [0.29, 0.717) is 18.5 Å². The van der Waals surface area contributed by atoms with Gasteiger partial charge in [-0.15, -0.1) is 0 Å². The van der Waals surface area contributed by atoms with Gasteiger partial charge in [0.25, 0.3) is 0 Å². The number of amides is 2. The van der Waals surface area contributed by atoms with Gasteiger partial charge in [-0.2, -0.15) is 0 Å². The fourth-order valence-corrected chi connectivity index (χ4v) is 4.43. The van der Waals surface area contributed by atoms with Crippen LogP contribution in [0.25, 0.3) is 0 Å². The lowest BCUT2D eigenvalue weighted by Crippen LogP contribution is -2.49. The second-order valence-electron chi connectivity index (χ2n) is 8.69. The second kappa shape index (κ2) is 11.2. The van der Waals surface area contributed by atoms with Gasteiger partial charge in [-0.05, 0) is 37.9 Å². The van der Waals surface area contributed by atoms with Gasteiger partial charge in [0, 0.05) is 37.6 Å². The van der Waals surface area contributed by atoms with Crippen LogP contribution >= 0.6 is 0 Å². The van der Waals surface area contributed by atoms with E-state index in [2.05, 4.69) is 34.4 Å². The highest BCUT2D eigenvalue weighted by atomic mass is 16.5. The van der Waals surface area contributed by atoms with Crippen LogP contribution in [-0.4, -0.2) is 53.3 Å². The Morgan fingerprint density at radius 2 is 1.87 bits per heavy atom. The predicted octanol–water partition coefficient (Wildman–Crippen LogP) is 3.72. The summed E-state index contributed by atoms with van der Waals surface area (Å²) in [5.41, 5.74) is 0.877. The molecular formula is C24H37N5O2. The third-order valence-electron chi connectivity index (χ3n) is 6.19. The minimum atomic E-state index is -0.410. The Balaban J connectivity index is 1.72. The number of imidazole rings is 1. The first-order chi connectivity index (χ1) is 15.0. The first-order valence-corrected chi connectivity index (χ1v) is 11.4. The molecule has 2 amide bonds. The van der Waals surface area contributed by atoms with Crippen molar-refractivity contribution in [3.63, 3.8) is 0 Å². The molecular weight excluding hydrogens is 390 g/mol. The second-order valence-corrected chi connectivity index (χ2v) is 8.69. The van der Waals surface area contributed by atoms with Crippen molar-refractivity contribution in [1.82, 2.24) is 25.1 Å². The number of hydrogen-bond donors (Lipinski definition) is 2. The molecule has 170 valence electrons. The minimum absolute atomic E-state index is 0.195. The van der Waals surface area contributed by atoms with Crippen LogP contribution in [0.1, 0.15) is 57.0 Å². The third-order valence-corrected chi connectivity index (χ3v) is 6.19. The number of nitrogens with zero attached hydrogens (tertiary/aromatic N) is 3. The molecule has 1 saturated heterocycles. The number of carbonyl (C=O) groups excluding carboxylic acids is 1.